The first kappa shape index (κ1) is 59.6. The molecule has 18 aromatic rings. The highest BCUT2D eigenvalue weighted by Gasteiger charge is 2.44. The minimum absolute atomic E-state index is 0.187. The van der Waals surface area contributed by atoms with E-state index in [2.05, 4.69) is 398 Å². The molecule has 0 amide bonds. The van der Waals surface area contributed by atoms with Crippen LogP contribution in [0.3, 0.4) is 0 Å². The topological polar surface area (TPSA) is 19.4 Å². The molecule has 0 fully saturated rings. The maximum Gasteiger partial charge on any atom is 0.252 e. The van der Waals surface area contributed by atoms with Gasteiger partial charge in [-0.15, -0.1) is 0 Å². The van der Waals surface area contributed by atoms with Crippen LogP contribution in [0.2, 0.25) is 0 Å². The third-order valence-electron chi connectivity index (χ3n) is 21.3. The van der Waals surface area contributed by atoms with Crippen molar-refractivity contribution in [1.82, 2.24) is 4.98 Å². The highest BCUT2D eigenvalue weighted by Crippen LogP contribution is 2.50. The summed E-state index contributed by atoms with van der Waals surface area (Å²) < 4.78 is 0. The second-order valence-electron chi connectivity index (χ2n) is 27.4. The van der Waals surface area contributed by atoms with Crippen molar-refractivity contribution < 1.29 is 0 Å². The number of benzene rings is 17. The normalized spacial score (nSPS) is 12.2. The SMILES string of the molecule is c1ccc(-c2ccc(N3c4cc5c(ccc6ccccc65)cc4B4c5cc6ccc7ccccc7c6cc5N(c5ccc(-c6ccccc6)cc5)c5cc(-c6cc(-c7cc(-c8ccccc8)cc(-c8ccccc8)c7)nc(-c7cc(-c8ccccc8)cc(-c8ccccc8)c7)c6)cc3c54)cc2)cc1. The fraction of sp³-hybridized carbons (Fsp3) is 0. The van der Waals surface area contributed by atoms with Gasteiger partial charge in [0.15, 0.2) is 0 Å². The van der Waals surface area contributed by atoms with Crippen LogP contribution in [-0.2, 0) is 0 Å². The molecule has 0 bridgehead atoms. The van der Waals surface area contributed by atoms with Crippen LogP contribution in [0.4, 0.5) is 34.1 Å². The van der Waals surface area contributed by atoms with E-state index in [1.807, 2.05) is 0 Å². The minimum atomic E-state index is -0.187. The van der Waals surface area contributed by atoms with Crippen LogP contribution in [0.1, 0.15) is 0 Å². The first-order chi connectivity index (χ1) is 51.0. The lowest BCUT2D eigenvalue weighted by molar-refractivity contribution is 1.26. The van der Waals surface area contributed by atoms with Crippen molar-refractivity contribution in [3.63, 3.8) is 0 Å². The smallest absolute Gasteiger partial charge is 0.252 e. The fourth-order valence-corrected chi connectivity index (χ4v) is 16.3. The van der Waals surface area contributed by atoms with Gasteiger partial charge >= 0.3 is 0 Å². The molecular formula is C99H64BN3. The zero-order valence-corrected chi connectivity index (χ0v) is 56.4. The second kappa shape index (κ2) is 24.8. The van der Waals surface area contributed by atoms with E-state index in [1.165, 1.54) is 70.6 Å². The van der Waals surface area contributed by atoms with Crippen LogP contribution in [0.5, 0.6) is 0 Å². The molecule has 1 aromatic heterocycles. The molecule has 20 rings (SSSR count). The Hall–Kier alpha value is -13.4. The third-order valence-corrected chi connectivity index (χ3v) is 21.3. The van der Waals surface area contributed by atoms with Crippen LogP contribution < -0.4 is 26.2 Å². The summed E-state index contributed by atoms with van der Waals surface area (Å²) in [5, 5.41) is 9.73. The average Bonchev–Trinajstić information content (AvgIpc) is 0.688. The number of fused-ring (bicyclic) bond motifs is 10. The van der Waals surface area contributed by atoms with Crippen molar-refractivity contribution in [3.8, 4) is 100 Å². The molecule has 4 heteroatoms. The molecule has 0 spiro atoms. The maximum absolute atomic E-state index is 5.93. The molecule has 17 aromatic carbocycles. The Kier molecular flexibility index (Phi) is 14.4. The number of pyridine rings is 1. The van der Waals surface area contributed by atoms with Gasteiger partial charge in [-0.3, -0.25) is 0 Å². The van der Waals surface area contributed by atoms with Gasteiger partial charge in [-0.05, 0) is 234 Å². The van der Waals surface area contributed by atoms with Crippen molar-refractivity contribution in [2.45, 2.75) is 0 Å². The van der Waals surface area contributed by atoms with Crippen LogP contribution in [0.15, 0.2) is 388 Å². The Bertz CT molecular complexity index is 5830. The van der Waals surface area contributed by atoms with Gasteiger partial charge in [0.2, 0.25) is 0 Å². The molecule has 0 unspecified atom stereocenters. The lowest BCUT2D eigenvalue weighted by Gasteiger charge is -2.45. The summed E-state index contributed by atoms with van der Waals surface area (Å²) in [6, 6.07) is 144. The van der Waals surface area contributed by atoms with E-state index in [4.69, 9.17) is 4.98 Å². The van der Waals surface area contributed by atoms with Gasteiger partial charge in [0.05, 0.1) is 11.4 Å². The number of anilines is 6. The van der Waals surface area contributed by atoms with E-state index in [-0.39, 0.29) is 6.71 Å². The monoisotopic (exact) mass is 1310 g/mol. The Morgan fingerprint density at radius 3 is 0.825 bits per heavy atom. The van der Waals surface area contributed by atoms with E-state index < -0.39 is 0 Å². The molecule has 0 aliphatic carbocycles. The molecule has 0 saturated heterocycles. The molecule has 3 nitrogen and oxygen atoms in total. The lowest BCUT2D eigenvalue weighted by Crippen LogP contribution is -2.61. The second-order valence-corrected chi connectivity index (χ2v) is 27.4. The predicted molar refractivity (Wildman–Crippen MR) is 437 cm³/mol. The molecule has 103 heavy (non-hydrogen) atoms. The Labute approximate surface area is 599 Å². The highest BCUT2D eigenvalue weighted by atomic mass is 15.2. The van der Waals surface area contributed by atoms with Gasteiger partial charge in [-0.25, -0.2) is 4.98 Å². The average molecular weight is 1310 g/mol. The van der Waals surface area contributed by atoms with Crippen LogP contribution in [0.25, 0.3) is 143 Å². The van der Waals surface area contributed by atoms with E-state index in [1.54, 1.807) is 0 Å². The summed E-state index contributed by atoms with van der Waals surface area (Å²) in [5.41, 5.74) is 30.0. The van der Waals surface area contributed by atoms with Gasteiger partial charge in [0.25, 0.3) is 6.71 Å². The summed E-state index contributed by atoms with van der Waals surface area (Å²) in [4.78, 5) is 11.1. The number of hydrogen-bond acceptors (Lipinski definition) is 3. The zero-order chi connectivity index (χ0) is 67.9. The van der Waals surface area contributed by atoms with Gasteiger partial charge in [0.1, 0.15) is 0 Å². The quantitative estimate of drug-likeness (QED) is 0.0950. The van der Waals surface area contributed by atoms with Gasteiger partial charge in [-0.2, -0.15) is 0 Å². The Balaban J connectivity index is 0.910. The number of aromatic nitrogens is 1. The summed E-state index contributed by atoms with van der Waals surface area (Å²) in [6.07, 6.45) is 0. The molecule has 0 radical (unpaired) electrons. The van der Waals surface area contributed by atoms with Gasteiger partial charge in [0, 0.05) is 45.3 Å². The van der Waals surface area contributed by atoms with Crippen molar-refractivity contribution in [2.75, 3.05) is 9.80 Å². The summed E-state index contributed by atoms with van der Waals surface area (Å²) in [6.45, 7) is -0.187. The van der Waals surface area contributed by atoms with Crippen molar-refractivity contribution in [2.24, 2.45) is 0 Å². The van der Waals surface area contributed by atoms with Crippen molar-refractivity contribution in [1.29, 1.82) is 0 Å². The first-order valence-electron chi connectivity index (χ1n) is 35.6. The maximum atomic E-state index is 5.93. The molecule has 0 saturated carbocycles. The highest BCUT2D eigenvalue weighted by molar-refractivity contribution is 7.00. The molecule has 0 atom stereocenters. The Morgan fingerprint density at radius 1 is 0.184 bits per heavy atom. The Morgan fingerprint density at radius 2 is 0.466 bits per heavy atom. The largest absolute Gasteiger partial charge is 0.311 e. The van der Waals surface area contributed by atoms with Gasteiger partial charge in [-0.1, -0.05) is 291 Å². The number of hydrogen-bond donors (Lipinski definition) is 0. The summed E-state index contributed by atoms with van der Waals surface area (Å²) in [5.74, 6) is 0. The van der Waals surface area contributed by atoms with Crippen LogP contribution in [0, 0.1) is 0 Å². The summed E-state index contributed by atoms with van der Waals surface area (Å²) in [7, 11) is 0. The molecule has 0 N–H and O–H groups in total. The molecule has 2 aliphatic rings. The third kappa shape index (κ3) is 10.6. The van der Waals surface area contributed by atoms with Crippen LogP contribution >= 0.6 is 0 Å². The van der Waals surface area contributed by atoms with E-state index in [0.717, 1.165) is 123 Å². The van der Waals surface area contributed by atoms with Gasteiger partial charge < -0.3 is 9.80 Å². The minimum Gasteiger partial charge on any atom is -0.311 e. The molecule has 2 aliphatic heterocycles. The van der Waals surface area contributed by atoms with E-state index in [0.29, 0.717) is 0 Å². The molecule has 3 heterocycles. The molecular weight excluding hydrogens is 1240 g/mol. The summed E-state index contributed by atoms with van der Waals surface area (Å²) >= 11 is 0. The van der Waals surface area contributed by atoms with E-state index >= 15 is 0 Å². The molecule has 478 valence electrons. The number of nitrogens with zero attached hydrogens (tertiary/aromatic N) is 3. The van der Waals surface area contributed by atoms with E-state index in [9.17, 15) is 0 Å². The lowest BCUT2D eigenvalue weighted by atomic mass is 9.33. The van der Waals surface area contributed by atoms with Crippen molar-refractivity contribution in [3.05, 3.63) is 388 Å². The number of rotatable bonds is 11. The fourth-order valence-electron chi connectivity index (χ4n) is 16.3. The zero-order valence-electron chi connectivity index (χ0n) is 56.4. The van der Waals surface area contributed by atoms with Crippen molar-refractivity contribution >= 4 is 100 Å². The first-order valence-corrected chi connectivity index (χ1v) is 35.6. The van der Waals surface area contributed by atoms with Crippen LogP contribution in [-0.4, -0.2) is 11.7 Å². The standard InChI is InChI=1S/C99H64BN3/c1-7-23-65(24-8-1)71-43-47-85(48-44-71)102-95-63-89-75(41-39-73-35-19-21-37-87(73)89)57-91(95)100-92-58-76-42-40-74-36-20-22-38-88(74)90(76)64-96(92)103(86-49-45-72(46-50-86)66-25-9-2-10-26-66)98-62-82(61-97(102)99(98)100)81-59-93(83-53-77(67-27-11-3-12-28-67)51-78(54-83)68-29-13-4-14-30-68)101-94(60-81)84-55-79(69-31-15-5-16-32-69)52-80(56-84)70-33-17-6-18-34-70/h1-64H. The predicted octanol–water partition coefficient (Wildman–Crippen LogP) is 24.8.